The maximum Gasteiger partial charge on any atom is 0.229 e. The molecule has 0 fully saturated rings. The fourth-order valence-corrected chi connectivity index (χ4v) is 4.27. The van der Waals surface area contributed by atoms with Crippen LogP contribution in [0.15, 0.2) is 30.3 Å². The summed E-state index contributed by atoms with van der Waals surface area (Å²) in [5, 5.41) is 7.03. The van der Waals surface area contributed by atoms with Crippen molar-refractivity contribution in [2.45, 2.75) is 38.1 Å². The Kier molecular flexibility index (Phi) is 3.97. The Hall–Kier alpha value is -2.19. The highest BCUT2D eigenvalue weighted by Crippen LogP contribution is 2.33. The number of carbonyl (C=O) groups is 1. The van der Waals surface area contributed by atoms with Crippen molar-refractivity contribution in [2.24, 2.45) is 5.73 Å². The lowest BCUT2D eigenvalue weighted by Gasteiger charge is -2.20. The molecule has 3 rings (SSSR count). The molecule has 0 saturated carbocycles. The van der Waals surface area contributed by atoms with E-state index >= 15 is 0 Å². The van der Waals surface area contributed by atoms with Gasteiger partial charge in [0.05, 0.1) is 29.1 Å². The van der Waals surface area contributed by atoms with Gasteiger partial charge in [0.25, 0.3) is 0 Å². The van der Waals surface area contributed by atoms with Gasteiger partial charge in [0.15, 0.2) is 0 Å². The van der Waals surface area contributed by atoms with E-state index in [-0.39, 0.29) is 18.8 Å². The van der Waals surface area contributed by atoms with Gasteiger partial charge in [0, 0.05) is 12.1 Å². The molecule has 3 N–H and O–H groups in total. The van der Waals surface area contributed by atoms with Gasteiger partial charge in [-0.15, -0.1) is 0 Å². The average molecular weight is 348 g/mol. The molecule has 1 aromatic heterocycles. The highest BCUT2D eigenvalue weighted by molar-refractivity contribution is 7.88. The van der Waals surface area contributed by atoms with Gasteiger partial charge in [-0.3, -0.25) is 9.89 Å². The Bertz CT molecular complexity index is 872. The van der Waals surface area contributed by atoms with E-state index in [4.69, 9.17) is 5.73 Å². The van der Waals surface area contributed by atoms with Crippen LogP contribution >= 0.6 is 0 Å². The predicted molar refractivity (Wildman–Crippen MR) is 89.1 cm³/mol. The Morgan fingerprint density at radius 2 is 1.96 bits per heavy atom. The molecule has 8 heteroatoms. The molecule has 2 aromatic rings. The fraction of sp³-hybridized carbons (Fsp3) is 0.375. The summed E-state index contributed by atoms with van der Waals surface area (Å²) in [7, 11) is -3.46. The third-order valence-electron chi connectivity index (χ3n) is 4.42. The number of nitrogens with two attached hydrogens (primary N) is 1. The Morgan fingerprint density at radius 1 is 1.29 bits per heavy atom. The second-order valence-electron chi connectivity index (χ2n) is 6.53. The first-order valence-corrected chi connectivity index (χ1v) is 9.21. The Balaban J connectivity index is 1.84. The van der Waals surface area contributed by atoms with E-state index in [9.17, 15) is 13.2 Å². The molecule has 128 valence electrons. The standard InChI is InChI=1S/C16H20N4O3S/c1-16(2,15(17)21)14-12-8-20(9-13(12)18-19-14)24(22,23)10-11-6-4-3-5-7-11/h3-7H,8-10H2,1-2H3,(H2,17,21)(H,18,19). The van der Waals surface area contributed by atoms with Crippen LogP contribution in [0.2, 0.25) is 0 Å². The van der Waals surface area contributed by atoms with E-state index in [2.05, 4.69) is 10.2 Å². The third-order valence-corrected chi connectivity index (χ3v) is 6.16. The van der Waals surface area contributed by atoms with Crippen LogP contribution in [0.25, 0.3) is 0 Å². The number of carbonyl (C=O) groups excluding carboxylic acids is 1. The number of sulfonamides is 1. The smallest absolute Gasteiger partial charge is 0.229 e. The summed E-state index contributed by atoms with van der Waals surface area (Å²) < 4.78 is 26.7. The van der Waals surface area contributed by atoms with Crippen molar-refractivity contribution in [2.75, 3.05) is 0 Å². The summed E-state index contributed by atoms with van der Waals surface area (Å²) in [6.45, 7) is 3.80. The van der Waals surface area contributed by atoms with E-state index in [0.29, 0.717) is 5.69 Å². The van der Waals surface area contributed by atoms with Gasteiger partial charge in [0.1, 0.15) is 0 Å². The summed E-state index contributed by atoms with van der Waals surface area (Å²) in [5.41, 5.74) is 7.22. The van der Waals surface area contributed by atoms with Crippen molar-refractivity contribution in [1.29, 1.82) is 0 Å². The summed E-state index contributed by atoms with van der Waals surface area (Å²) in [6, 6.07) is 9.05. The molecular weight excluding hydrogens is 328 g/mol. The van der Waals surface area contributed by atoms with E-state index in [0.717, 1.165) is 16.8 Å². The number of primary amides is 1. The number of H-pyrrole nitrogens is 1. The van der Waals surface area contributed by atoms with Crippen LogP contribution < -0.4 is 5.73 Å². The number of amides is 1. The molecule has 0 saturated heterocycles. The first-order valence-electron chi connectivity index (χ1n) is 7.60. The predicted octanol–water partition coefficient (Wildman–Crippen LogP) is 1.02. The summed E-state index contributed by atoms with van der Waals surface area (Å²) in [5.74, 6) is -0.553. The molecule has 0 aliphatic carbocycles. The minimum Gasteiger partial charge on any atom is -0.369 e. The zero-order valence-corrected chi connectivity index (χ0v) is 14.4. The van der Waals surface area contributed by atoms with E-state index in [1.165, 1.54) is 4.31 Å². The highest BCUT2D eigenvalue weighted by atomic mass is 32.2. The molecule has 2 heterocycles. The largest absolute Gasteiger partial charge is 0.369 e. The fourth-order valence-electron chi connectivity index (χ4n) is 2.82. The summed E-state index contributed by atoms with van der Waals surface area (Å²) >= 11 is 0. The normalized spacial score (nSPS) is 15.4. The first-order chi connectivity index (χ1) is 11.2. The topological polar surface area (TPSA) is 109 Å². The second kappa shape index (κ2) is 5.71. The van der Waals surface area contributed by atoms with Gasteiger partial charge < -0.3 is 5.73 Å². The molecular formula is C16H20N4O3S. The van der Waals surface area contributed by atoms with Crippen molar-refractivity contribution in [3.8, 4) is 0 Å². The number of rotatable bonds is 5. The summed E-state index contributed by atoms with van der Waals surface area (Å²) in [4.78, 5) is 11.7. The van der Waals surface area contributed by atoms with Crippen molar-refractivity contribution in [3.05, 3.63) is 52.8 Å². The number of hydrogen-bond acceptors (Lipinski definition) is 4. The van der Waals surface area contributed by atoms with E-state index < -0.39 is 21.3 Å². The quantitative estimate of drug-likeness (QED) is 0.840. The van der Waals surface area contributed by atoms with Crippen LogP contribution in [0, 0.1) is 0 Å². The van der Waals surface area contributed by atoms with Gasteiger partial charge in [-0.2, -0.15) is 9.40 Å². The molecule has 0 spiro atoms. The number of hydrogen-bond donors (Lipinski definition) is 2. The number of nitrogens with one attached hydrogen (secondary N) is 1. The molecule has 0 atom stereocenters. The zero-order valence-electron chi connectivity index (χ0n) is 13.6. The van der Waals surface area contributed by atoms with Crippen molar-refractivity contribution < 1.29 is 13.2 Å². The molecule has 0 unspecified atom stereocenters. The van der Waals surface area contributed by atoms with E-state index in [1.807, 2.05) is 18.2 Å². The van der Waals surface area contributed by atoms with Crippen molar-refractivity contribution >= 4 is 15.9 Å². The van der Waals surface area contributed by atoms with Gasteiger partial charge >= 0.3 is 0 Å². The zero-order chi connectivity index (χ0) is 17.5. The molecule has 1 aliphatic rings. The van der Waals surface area contributed by atoms with Crippen LogP contribution in [-0.2, 0) is 39.1 Å². The number of aromatic nitrogens is 2. The molecule has 24 heavy (non-hydrogen) atoms. The number of benzene rings is 1. The lowest BCUT2D eigenvalue weighted by molar-refractivity contribution is -0.122. The van der Waals surface area contributed by atoms with Gasteiger partial charge in [-0.1, -0.05) is 30.3 Å². The van der Waals surface area contributed by atoms with Crippen molar-refractivity contribution in [1.82, 2.24) is 14.5 Å². The molecule has 1 amide bonds. The van der Waals surface area contributed by atoms with Gasteiger partial charge in [0.2, 0.25) is 15.9 Å². The van der Waals surface area contributed by atoms with E-state index in [1.54, 1.807) is 26.0 Å². The number of aromatic amines is 1. The van der Waals surface area contributed by atoms with Gasteiger partial charge in [-0.25, -0.2) is 8.42 Å². The van der Waals surface area contributed by atoms with Crippen LogP contribution in [0.3, 0.4) is 0 Å². The average Bonchev–Trinajstić information content (AvgIpc) is 3.07. The lowest BCUT2D eigenvalue weighted by atomic mass is 9.86. The SMILES string of the molecule is CC(C)(C(N)=O)c1n[nH]c2c1CN(S(=O)(=O)Cc1ccccc1)C2. The Labute approximate surface area is 140 Å². The maximum absolute atomic E-state index is 12.7. The van der Waals surface area contributed by atoms with Crippen LogP contribution in [0.1, 0.15) is 36.4 Å². The molecule has 1 aromatic carbocycles. The van der Waals surface area contributed by atoms with Crippen LogP contribution in [0.4, 0.5) is 0 Å². The monoisotopic (exact) mass is 348 g/mol. The minimum absolute atomic E-state index is 0.0555. The molecule has 7 nitrogen and oxygen atoms in total. The van der Waals surface area contributed by atoms with Crippen molar-refractivity contribution in [3.63, 3.8) is 0 Å². The van der Waals surface area contributed by atoms with Gasteiger partial charge in [-0.05, 0) is 19.4 Å². The molecule has 0 bridgehead atoms. The molecule has 0 radical (unpaired) electrons. The lowest BCUT2D eigenvalue weighted by Crippen LogP contribution is -2.37. The van der Waals surface area contributed by atoms with Crippen LogP contribution in [0.5, 0.6) is 0 Å². The highest BCUT2D eigenvalue weighted by Gasteiger charge is 2.39. The summed E-state index contributed by atoms with van der Waals surface area (Å²) in [6.07, 6.45) is 0. The first kappa shape index (κ1) is 16.7. The number of fused-ring (bicyclic) bond motifs is 1. The maximum atomic E-state index is 12.7. The van der Waals surface area contributed by atoms with Crippen LogP contribution in [-0.4, -0.2) is 28.8 Å². The Morgan fingerprint density at radius 3 is 2.58 bits per heavy atom. The number of nitrogens with zero attached hydrogens (tertiary/aromatic N) is 2. The third kappa shape index (κ3) is 2.83. The molecule has 1 aliphatic heterocycles. The second-order valence-corrected chi connectivity index (χ2v) is 8.50. The minimum atomic E-state index is -3.46.